The second kappa shape index (κ2) is 6.44. The molecule has 2 aromatic rings. The first kappa shape index (κ1) is 14.4. The van der Waals surface area contributed by atoms with Crippen LogP contribution in [0, 0.1) is 20.8 Å². The molecule has 3 rings (SSSR count). The maximum Gasteiger partial charge on any atom is 0.127 e. The van der Waals surface area contributed by atoms with Gasteiger partial charge in [0.15, 0.2) is 0 Å². The third kappa shape index (κ3) is 3.51. The van der Waals surface area contributed by atoms with Crippen molar-refractivity contribution in [3.8, 4) is 0 Å². The standard InChI is InChI=1S/C9H10N2S.C6H12O/c1-5-7(3)12-9-8(5)6(2)10-4-11-9;7-6-4-2-1-3-5-6/h4H,1-3H3;6-7H,1-5H2. The molecule has 1 fully saturated rings. The summed E-state index contributed by atoms with van der Waals surface area (Å²) in [4.78, 5) is 10.9. The summed E-state index contributed by atoms with van der Waals surface area (Å²) < 4.78 is 0. The van der Waals surface area contributed by atoms with Crippen LogP contribution in [0.25, 0.3) is 10.2 Å². The van der Waals surface area contributed by atoms with Gasteiger partial charge in [-0.1, -0.05) is 19.3 Å². The zero-order valence-electron chi connectivity index (χ0n) is 11.9. The second-order valence-corrected chi connectivity index (χ2v) is 6.42. The molecule has 2 heterocycles. The predicted octanol–water partition coefficient (Wildman–Crippen LogP) is 3.93. The molecule has 0 unspecified atom stereocenters. The van der Waals surface area contributed by atoms with Crippen LogP contribution in [0.3, 0.4) is 0 Å². The first-order valence-electron chi connectivity index (χ1n) is 6.95. The summed E-state index contributed by atoms with van der Waals surface area (Å²) in [6, 6.07) is 0. The summed E-state index contributed by atoms with van der Waals surface area (Å²) in [5, 5.41) is 10.1. The zero-order valence-corrected chi connectivity index (χ0v) is 12.8. The highest BCUT2D eigenvalue weighted by Gasteiger charge is 2.08. The number of nitrogens with zero attached hydrogens (tertiary/aromatic N) is 2. The highest BCUT2D eigenvalue weighted by Crippen LogP contribution is 2.29. The number of aromatic nitrogens is 2. The van der Waals surface area contributed by atoms with Crippen LogP contribution in [0.1, 0.15) is 48.2 Å². The predicted molar refractivity (Wildman–Crippen MR) is 80.7 cm³/mol. The minimum Gasteiger partial charge on any atom is -0.393 e. The first-order chi connectivity index (χ1) is 9.09. The SMILES string of the molecule is Cc1sc2ncnc(C)c2c1C.OC1CCCCC1. The largest absolute Gasteiger partial charge is 0.393 e. The van der Waals surface area contributed by atoms with Gasteiger partial charge < -0.3 is 5.11 Å². The van der Waals surface area contributed by atoms with Crippen molar-refractivity contribution < 1.29 is 5.11 Å². The second-order valence-electron chi connectivity index (χ2n) is 5.21. The van der Waals surface area contributed by atoms with Gasteiger partial charge in [0.2, 0.25) is 0 Å². The van der Waals surface area contributed by atoms with Crippen molar-refractivity contribution in [2.75, 3.05) is 0 Å². The lowest BCUT2D eigenvalue weighted by molar-refractivity contribution is 0.130. The summed E-state index contributed by atoms with van der Waals surface area (Å²) in [6.45, 7) is 6.29. The van der Waals surface area contributed by atoms with Crippen molar-refractivity contribution in [2.24, 2.45) is 0 Å². The number of aryl methyl sites for hydroxylation is 3. The molecule has 0 aromatic carbocycles. The number of fused-ring (bicyclic) bond motifs is 1. The Morgan fingerprint density at radius 2 is 1.79 bits per heavy atom. The van der Waals surface area contributed by atoms with E-state index in [0.717, 1.165) is 23.4 Å². The van der Waals surface area contributed by atoms with E-state index in [2.05, 4.69) is 23.8 Å². The van der Waals surface area contributed by atoms with Gasteiger partial charge in [-0.15, -0.1) is 11.3 Å². The fourth-order valence-corrected chi connectivity index (χ4v) is 3.49. The fourth-order valence-electron chi connectivity index (χ4n) is 2.44. The molecule has 1 aliphatic rings. The molecule has 0 saturated heterocycles. The van der Waals surface area contributed by atoms with E-state index in [9.17, 15) is 0 Å². The number of aliphatic hydroxyl groups excluding tert-OH is 1. The van der Waals surface area contributed by atoms with Crippen LogP contribution in [0.4, 0.5) is 0 Å². The average Bonchev–Trinajstić information content (AvgIpc) is 2.68. The van der Waals surface area contributed by atoms with Gasteiger partial charge in [0.25, 0.3) is 0 Å². The normalized spacial score (nSPS) is 16.2. The number of thiophene rings is 1. The van der Waals surface area contributed by atoms with Crippen LogP contribution in [-0.4, -0.2) is 21.2 Å². The molecule has 1 aliphatic carbocycles. The molecule has 1 saturated carbocycles. The quantitative estimate of drug-likeness (QED) is 0.794. The van der Waals surface area contributed by atoms with E-state index < -0.39 is 0 Å². The van der Waals surface area contributed by atoms with E-state index in [1.165, 1.54) is 35.1 Å². The van der Waals surface area contributed by atoms with Crippen molar-refractivity contribution in [3.63, 3.8) is 0 Å². The molecule has 0 spiro atoms. The molecule has 0 radical (unpaired) electrons. The first-order valence-corrected chi connectivity index (χ1v) is 7.76. The number of hydrogen-bond donors (Lipinski definition) is 1. The molecular formula is C15H22N2OS. The van der Waals surface area contributed by atoms with Gasteiger partial charge in [-0.05, 0) is 39.2 Å². The van der Waals surface area contributed by atoms with E-state index in [1.54, 1.807) is 17.7 Å². The van der Waals surface area contributed by atoms with Crippen LogP contribution < -0.4 is 0 Å². The lowest BCUT2D eigenvalue weighted by atomic mass is 9.98. The van der Waals surface area contributed by atoms with Crippen molar-refractivity contribution in [1.29, 1.82) is 0 Å². The van der Waals surface area contributed by atoms with Crippen LogP contribution >= 0.6 is 11.3 Å². The number of aliphatic hydroxyl groups is 1. The van der Waals surface area contributed by atoms with E-state index in [4.69, 9.17) is 5.11 Å². The molecule has 3 nitrogen and oxygen atoms in total. The van der Waals surface area contributed by atoms with Crippen molar-refractivity contribution >= 4 is 21.6 Å². The highest BCUT2D eigenvalue weighted by atomic mass is 32.1. The van der Waals surface area contributed by atoms with E-state index >= 15 is 0 Å². The Kier molecular flexibility index (Phi) is 4.88. The molecule has 0 bridgehead atoms. The van der Waals surface area contributed by atoms with Gasteiger partial charge in [-0.25, -0.2) is 9.97 Å². The van der Waals surface area contributed by atoms with Gasteiger partial charge in [0.05, 0.1) is 6.10 Å². The smallest absolute Gasteiger partial charge is 0.127 e. The molecule has 2 aromatic heterocycles. The summed E-state index contributed by atoms with van der Waals surface area (Å²) in [5.41, 5.74) is 2.41. The number of hydrogen-bond acceptors (Lipinski definition) is 4. The van der Waals surface area contributed by atoms with Crippen LogP contribution in [-0.2, 0) is 0 Å². The van der Waals surface area contributed by atoms with E-state index in [-0.39, 0.29) is 6.10 Å². The van der Waals surface area contributed by atoms with Crippen LogP contribution in [0.15, 0.2) is 6.33 Å². The Hall–Kier alpha value is -1.00. The Morgan fingerprint density at radius 3 is 2.32 bits per heavy atom. The Labute approximate surface area is 118 Å². The number of rotatable bonds is 0. The molecular weight excluding hydrogens is 256 g/mol. The van der Waals surface area contributed by atoms with Crippen molar-refractivity contribution in [2.45, 2.75) is 59.0 Å². The van der Waals surface area contributed by atoms with Crippen LogP contribution in [0.5, 0.6) is 0 Å². The minimum absolute atomic E-state index is 0.0359. The van der Waals surface area contributed by atoms with Crippen molar-refractivity contribution in [1.82, 2.24) is 9.97 Å². The fraction of sp³-hybridized carbons (Fsp3) is 0.600. The van der Waals surface area contributed by atoms with Gasteiger partial charge in [0, 0.05) is 16.0 Å². The third-order valence-corrected chi connectivity index (χ3v) is 4.84. The molecule has 4 heteroatoms. The molecule has 0 amide bonds. The van der Waals surface area contributed by atoms with Gasteiger partial charge in [-0.2, -0.15) is 0 Å². The summed E-state index contributed by atoms with van der Waals surface area (Å²) in [6.07, 6.45) is 7.56. The average molecular weight is 278 g/mol. The lowest BCUT2D eigenvalue weighted by Crippen LogP contribution is -2.09. The molecule has 104 valence electrons. The third-order valence-electron chi connectivity index (χ3n) is 3.73. The van der Waals surface area contributed by atoms with E-state index in [1.807, 2.05) is 6.92 Å². The summed E-state index contributed by atoms with van der Waals surface area (Å²) in [5.74, 6) is 0. The molecule has 1 N–H and O–H groups in total. The molecule has 0 atom stereocenters. The van der Waals surface area contributed by atoms with Crippen LogP contribution in [0.2, 0.25) is 0 Å². The molecule has 0 aliphatic heterocycles. The maximum absolute atomic E-state index is 8.91. The zero-order chi connectivity index (χ0) is 13.8. The summed E-state index contributed by atoms with van der Waals surface area (Å²) >= 11 is 1.74. The minimum atomic E-state index is 0.0359. The van der Waals surface area contributed by atoms with Gasteiger partial charge in [0.1, 0.15) is 11.2 Å². The Morgan fingerprint density at radius 1 is 1.11 bits per heavy atom. The Balaban J connectivity index is 0.000000163. The highest BCUT2D eigenvalue weighted by molar-refractivity contribution is 7.18. The summed E-state index contributed by atoms with van der Waals surface area (Å²) in [7, 11) is 0. The van der Waals surface area contributed by atoms with Gasteiger partial charge >= 0.3 is 0 Å². The van der Waals surface area contributed by atoms with Crippen molar-refractivity contribution in [3.05, 3.63) is 22.5 Å². The van der Waals surface area contributed by atoms with Gasteiger partial charge in [-0.3, -0.25) is 0 Å². The van der Waals surface area contributed by atoms with E-state index in [0.29, 0.717) is 0 Å². The lowest BCUT2D eigenvalue weighted by Gasteiger charge is -2.14. The Bertz CT molecular complexity index is 544. The topological polar surface area (TPSA) is 46.0 Å². The maximum atomic E-state index is 8.91. The monoisotopic (exact) mass is 278 g/mol. The molecule has 19 heavy (non-hydrogen) atoms.